The van der Waals surface area contributed by atoms with E-state index in [2.05, 4.69) is 5.32 Å². The fraction of sp³-hybridized carbons (Fsp3) is 0.400. The van der Waals surface area contributed by atoms with Gasteiger partial charge in [-0.2, -0.15) is 0 Å². The van der Waals surface area contributed by atoms with E-state index in [1.165, 1.54) is 18.2 Å². The first-order valence-corrected chi connectivity index (χ1v) is 5.08. The lowest BCUT2D eigenvalue weighted by Crippen LogP contribution is -2.44. The maximum absolute atomic E-state index is 13.6. The molecule has 0 spiro atoms. The number of hydrogen-bond acceptors (Lipinski definition) is 4. The van der Waals surface area contributed by atoms with Crippen molar-refractivity contribution < 1.29 is 9.31 Å². The fourth-order valence-corrected chi connectivity index (χ4v) is 1.85. The molecule has 1 fully saturated rings. The summed E-state index contributed by atoms with van der Waals surface area (Å²) >= 11 is 0. The Morgan fingerprint density at radius 1 is 1.38 bits per heavy atom. The molecule has 16 heavy (non-hydrogen) atoms. The Hall–Kier alpha value is -1.69. The van der Waals surface area contributed by atoms with Crippen LogP contribution in [-0.4, -0.2) is 31.1 Å². The molecular weight excluding hydrogens is 213 g/mol. The minimum absolute atomic E-state index is 0.106. The van der Waals surface area contributed by atoms with Crippen LogP contribution >= 0.6 is 0 Å². The summed E-state index contributed by atoms with van der Waals surface area (Å²) in [5, 5.41) is 13.9. The Kier molecular flexibility index (Phi) is 3.00. The number of piperazine rings is 1. The van der Waals surface area contributed by atoms with Gasteiger partial charge >= 0.3 is 0 Å². The molecule has 0 aromatic heterocycles. The lowest BCUT2D eigenvalue weighted by atomic mass is 10.2. The van der Waals surface area contributed by atoms with Crippen LogP contribution in [-0.2, 0) is 0 Å². The molecule has 2 rings (SSSR count). The Morgan fingerprint density at radius 3 is 2.69 bits per heavy atom. The molecule has 0 aliphatic carbocycles. The van der Waals surface area contributed by atoms with E-state index in [1.54, 1.807) is 4.90 Å². The standard InChI is InChI=1S/C10H12FN3O2/c11-8-2-1-3-9(14(15)16)10(8)13-6-4-12-5-7-13/h1-3,12H,4-7H2. The Bertz CT molecular complexity index is 405. The Morgan fingerprint density at radius 2 is 2.06 bits per heavy atom. The molecule has 1 heterocycles. The normalized spacial score (nSPS) is 16.2. The molecule has 0 saturated carbocycles. The average molecular weight is 225 g/mol. The van der Waals surface area contributed by atoms with Crippen molar-refractivity contribution in [3.8, 4) is 0 Å². The third-order valence-electron chi connectivity index (χ3n) is 2.60. The van der Waals surface area contributed by atoms with Gasteiger partial charge in [0.25, 0.3) is 5.69 Å². The minimum Gasteiger partial charge on any atom is -0.361 e. The fourth-order valence-electron chi connectivity index (χ4n) is 1.85. The second kappa shape index (κ2) is 4.44. The number of rotatable bonds is 2. The van der Waals surface area contributed by atoms with E-state index in [0.29, 0.717) is 26.2 Å². The molecule has 0 amide bonds. The van der Waals surface area contributed by atoms with E-state index in [-0.39, 0.29) is 11.4 Å². The van der Waals surface area contributed by atoms with Crippen molar-refractivity contribution in [3.63, 3.8) is 0 Å². The second-order valence-corrected chi connectivity index (χ2v) is 3.60. The van der Waals surface area contributed by atoms with Crippen LogP contribution in [0.5, 0.6) is 0 Å². The van der Waals surface area contributed by atoms with Gasteiger partial charge in [0.1, 0.15) is 0 Å². The maximum Gasteiger partial charge on any atom is 0.295 e. The van der Waals surface area contributed by atoms with Gasteiger partial charge in [-0.3, -0.25) is 10.1 Å². The highest BCUT2D eigenvalue weighted by Crippen LogP contribution is 2.30. The summed E-state index contributed by atoms with van der Waals surface area (Å²) < 4.78 is 13.6. The van der Waals surface area contributed by atoms with Crippen molar-refractivity contribution in [1.29, 1.82) is 0 Å². The number of nitro benzene ring substituents is 1. The van der Waals surface area contributed by atoms with E-state index >= 15 is 0 Å². The number of para-hydroxylation sites is 1. The molecule has 0 unspecified atom stereocenters. The minimum atomic E-state index is -0.541. The topological polar surface area (TPSA) is 58.4 Å². The number of anilines is 1. The van der Waals surface area contributed by atoms with Gasteiger partial charge in [-0.25, -0.2) is 4.39 Å². The molecule has 86 valence electrons. The zero-order valence-corrected chi connectivity index (χ0v) is 8.65. The summed E-state index contributed by atoms with van der Waals surface area (Å²) in [6, 6.07) is 3.95. The first-order valence-electron chi connectivity index (χ1n) is 5.08. The van der Waals surface area contributed by atoms with E-state index < -0.39 is 10.7 Å². The molecule has 0 atom stereocenters. The van der Waals surface area contributed by atoms with Gasteiger partial charge in [0.2, 0.25) is 0 Å². The van der Waals surface area contributed by atoms with E-state index in [9.17, 15) is 14.5 Å². The molecule has 6 heteroatoms. The molecule has 1 aliphatic heterocycles. The first-order chi connectivity index (χ1) is 7.70. The van der Waals surface area contributed by atoms with E-state index in [1.807, 2.05) is 0 Å². The van der Waals surface area contributed by atoms with Gasteiger partial charge < -0.3 is 10.2 Å². The van der Waals surface area contributed by atoms with Gasteiger partial charge in [0.05, 0.1) is 4.92 Å². The molecule has 1 aromatic carbocycles. The van der Waals surface area contributed by atoms with Gasteiger partial charge in [0.15, 0.2) is 11.5 Å². The maximum atomic E-state index is 13.6. The number of benzene rings is 1. The van der Waals surface area contributed by atoms with E-state index in [0.717, 1.165) is 0 Å². The number of nitro groups is 1. The van der Waals surface area contributed by atoms with Gasteiger partial charge in [-0.1, -0.05) is 6.07 Å². The SMILES string of the molecule is O=[N+]([O-])c1cccc(F)c1N1CCNCC1. The summed E-state index contributed by atoms with van der Waals surface area (Å²) in [5.74, 6) is -0.531. The third kappa shape index (κ3) is 1.96. The zero-order chi connectivity index (χ0) is 11.5. The van der Waals surface area contributed by atoms with Crippen LogP contribution in [0.25, 0.3) is 0 Å². The van der Waals surface area contributed by atoms with Crippen molar-refractivity contribution in [2.75, 3.05) is 31.1 Å². The second-order valence-electron chi connectivity index (χ2n) is 3.60. The lowest BCUT2D eigenvalue weighted by molar-refractivity contribution is -0.384. The highest BCUT2D eigenvalue weighted by atomic mass is 19.1. The van der Waals surface area contributed by atoms with Crippen molar-refractivity contribution in [2.45, 2.75) is 0 Å². The Balaban J connectivity index is 2.40. The van der Waals surface area contributed by atoms with Crippen LogP contribution in [0.4, 0.5) is 15.8 Å². The van der Waals surface area contributed by atoms with Crippen molar-refractivity contribution in [1.82, 2.24) is 5.32 Å². The Labute approximate surface area is 92.0 Å². The number of hydrogen-bond donors (Lipinski definition) is 1. The molecule has 1 aromatic rings. The van der Waals surface area contributed by atoms with E-state index in [4.69, 9.17) is 0 Å². The zero-order valence-electron chi connectivity index (χ0n) is 8.65. The first kappa shape index (κ1) is 10.8. The summed E-state index contributed by atoms with van der Waals surface area (Å²) in [6.07, 6.45) is 0. The predicted molar refractivity (Wildman–Crippen MR) is 58.1 cm³/mol. The van der Waals surface area contributed by atoms with Crippen LogP contribution < -0.4 is 10.2 Å². The van der Waals surface area contributed by atoms with Crippen LogP contribution in [0.2, 0.25) is 0 Å². The summed E-state index contributed by atoms with van der Waals surface area (Å²) in [6.45, 7) is 2.60. The number of halogens is 1. The molecule has 1 saturated heterocycles. The quantitative estimate of drug-likeness (QED) is 0.605. The highest BCUT2D eigenvalue weighted by Gasteiger charge is 2.24. The highest BCUT2D eigenvalue weighted by molar-refractivity contribution is 5.64. The van der Waals surface area contributed by atoms with Crippen LogP contribution in [0, 0.1) is 15.9 Å². The largest absolute Gasteiger partial charge is 0.361 e. The lowest BCUT2D eigenvalue weighted by Gasteiger charge is -2.29. The molecule has 0 bridgehead atoms. The monoisotopic (exact) mass is 225 g/mol. The summed E-state index contributed by atoms with van der Waals surface area (Å²) in [4.78, 5) is 12.0. The molecule has 5 nitrogen and oxygen atoms in total. The molecular formula is C10H12FN3O2. The number of nitrogens with one attached hydrogen (secondary N) is 1. The summed E-state index contributed by atoms with van der Waals surface area (Å²) in [5.41, 5.74) is -0.0594. The predicted octanol–water partition coefficient (Wildman–Crippen LogP) is 1.14. The third-order valence-corrected chi connectivity index (χ3v) is 2.60. The van der Waals surface area contributed by atoms with Crippen molar-refractivity contribution in [3.05, 3.63) is 34.1 Å². The van der Waals surface area contributed by atoms with Crippen LogP contribution in [0.3, 0.4) is 0 Å². The van der Waals surface area contributed by atoms with Crippen molar-refractivity contribution in [2.24, 2.45) is 0 Å². The smallest absolute Gasteiger partial charge is 0.295 e. The molecule has 1 N–H and O–H groups in total. The van der Waals surface area contributed by atoms with Crippen molar-refractivity contribution >= 4 is 11.4 Å². The number of nitrogens with zero attached hydrogens (tertiary/aromatic N) is 2. The van der Waals surface area contributed by atoms with Gasteiger partial charge in [0, 0.05) is 32.2 Å². The van der Waals surface area contributed by atoms with Gasteiger partial charge in [-0.05, 0) is 6.07 Å². The van der Waals surface area contributed by atoms with Crippen LogP contribution in [0.1, 0.15) is 0 Å². The summed E-state index contributed by atoms with van der Waals surface area (Å²) in [7, 11) is 0. The average Bonchev–Trinajstić information content (AvgIpc) is 2.29. The molecule has 0 radical (unpaired) electrons. The van der Waals surface area contributed by atoms with Gasteiger partial charge in [-0.15, -0.1) is 0 Å². The molecule has 1 aliphatic rings. The van der Waals surface area contributed by atoms with Crippen LogP contribution in [0.15, 0.2) is 18.2 Å².